The summed E-state index contributed by atoms with van der Waals surface area (Å²) in [6.45, 7) is 13.1. The van der Waals surface area contributed by atoms with Crippen molar-refractivity contribution in [2.45, 2.75) is 65.8 Å². The molecule has 2 N–H and O–H groups in total. The molecule has 0 aliphatic rings. The summed E-state index contributed by atoms with van der Waals surface area (Å²) >= 11 is 0. The van der Waals surface area contributed by atoms with Crippen LogP contribution in [0.3, 0.4) is 0 Å². The molecule has 6 heteroatoms. The van der Waals surface area contributed by atoms with Gasteiger partial charge < -0.3 is 10.4 Å². The van der Waals surface area contributed by atoms with Crippen molar-refractivity contribution < 1.29 is 14.7 Å². The van der Waals surface area contributed by atoms with Crippen molar-refractivity contribution in [1.82, 2.24) is 15.3 Å². The van der Waals surface area contributed by atoms with Gasteiger partial charge in [-0.1, -0.05) is 102 Å². The van der Waals surface area contributed by atoms with Gasteiger partial charge in [0, 0.05) is 35.5 Å². The van der Waals surface area contributed by atoms with Crippen LogP contribution in [-0.2, 0) is 23.1 Å². The lowest BCUT2D eigenvalue weighted by Gasteiger charge is -2.19. The van der Waals surface area contributed by atoms with Crippen LogP contribution in [0.2, 0.25) is 0 Å². The molecule has 1 aromatic heterocycles. The molecule has 0 fully saturated rings. The molecule has 0 aliphatic carbocycles. The molecule has 212 valence electrons. The molecule has 0 radical (unpaired) electrons. The first-order chi connectivity index (χ1) is 19.3. The van der Waals surface area contributed by atoms with E-state index in [2.05, 4.69) is 81.1 Å². The van der Waals surface area contributed by atoms with Crippen LogP contribution in [0.4, 0.5) is 0 Å². The van der Waals surface area contributed by atoms with Crippen LogP contribution in [0, 0.1) is 5.41 Å². The molecular weight excluding hydrogens is 510 g/mol. The van der Waals surface area contributed by atoms with Crippen molar-refractivity contribution in [1.29, 1.82) is 0 Å². The van der Waals surface area contributed by atoms with Gasteiger partial charge in [-0.2, -0.15) is 0 Å². The normalized spacial score (nSPS) is 12.5. The zero-order valence-corrected chi connectivity index (χ0v) is 24.7. The number of rotatable bonds is 8. The Morgan fingerprint density at radius 1 is 0.732 bits per heavy atom. The van der Waals surface area contributed by atoms with Crippen LogP contribution >= 0.6 is 0 Å². The number of aliphatic carboxylic acids is 1. The topological polar surface area (TPSA) is 92.2 Å². The lowest BCUT2D eigenvalue weighted by Crippen LogP contribution is -2.42. The average molecular weight is 550 g/mol. The summed E-state index contributed by atoms with van der Waals surface area (Å²) in [6.07, 6.45) is 4.68. The largest absolute Gasteiger partial charge is 0.480 e. The van der Waals surface area contributed by atoms with Crippen molar-refractivity contribution in [3.05, 3.63) is 107 Å². The molecule has 1 unspecified atom stereocenters. The van der Waals surface area contributed by atoms with Gasteiger partial charge >= 0.3 is 5.97 Å². The van der Waals surface area contributed by atoms with E-state index in [9.17, 15) is 14.7 Å². The minimum Gasteiger partial charge on any atom is -0.480 e. The Bertz CT molecular complexity index is 1480. The molecule has 1 atom stereocenters. The lowest BCUT2D eigenvalue weighted by atomic mass is 9.86. The second-order valence-electron chi connectivity index (χ2n) is 12.8. The quantitative estimate of drug-likeness (QED) is 0.244. The van der Waals surface area contributed by atoms with Gasteiger partial charge in [-0.25, -0.2) is 14.8 Å². The van der Waals surface area contributed by atoms with Gasteiger partial charge in [0.05, 0.1) is 0 Å². The van der Waals surface area contributed by atoms with E-state index in [1.54, 1.807) is 12.1 Å². The third-order valence-electron chi connectivity index (χ3n) is 6.94. The highest BCUT2D eigenvalue weighted by molar-refractivity contribution is 5.96. The number of nitrogens with one attached hydrogen (secondary N) is 1. The molecule has 1 heterocycles. The number of aromatic nitrogens is 2. The smallest absolute Gasteiger partial charge is 0.326 e. The molecule has 4 aromatic rings. The van der Waals surface area contributed by atoms with Gasteiger partial charge in [0.2, 0.25) is 0 Å². The minimum atomic E-state index is -1.08. The standard InChI is InChI=1S/C35H39N3O3/c1-34(2,3)20-24-9-13-27(14-10-24)32(39)38-30(33(40)41)19-23-7-11-26(12-8-23)31-36-21-28(22-37-31)25-15-17-29(18-16-25)35(4,5)6/h7-18,21-22,30H,19-20H2,1-6H3,(H,38,39)(H,40,41). The molecule has 3 aromatic carbocycles. The fraction of sp³-hybridized carbons (Fsp3) is 0.314. The molecule has 0 spiro atoms. The minimum absolute atomic E-state index is 0.0966. The monoisotopic (exact) mass is 549 g/mol. The second-order valence-corrected chi connectivity index (χ2v) is 12.8. The van der Waals surface area contributed by atoms with Crippen molar-refractivity contribution in [3.8, 4) is 22.5 Å². The third kappa shape index (κ3) is 8.10. The molecule has 1 amide bonds. The first-order valence-electron chi connectivity index (χ1n) is 13.9. The molecule has 0 bridgehead atoms. The summed E-state index contributed by atoms with van der Waals surface area (Å²) < 4.78 is 0. The number of nitrogens with zero attached hydrogens (tertiary/aromatic N) is 2. The van der Waals surface area contributed by atoms with E-state index in [1.807, 2.05) is 48.8 Å². The van der Waals surface area contributed by atoms with Crippen LogP contribution < -0.4 is 5.32 Å². The number of benzene rings is 3. The van der Waals surface area contributed by atoms with E-state index in [1.165, 1.54) is 5.56 Å². The van der Waals surface area contributed by atoms with E-state index in [-0.39, 0.29) is 17.3 Å². The van der Waals surface area contributed by atoms with E-state index in [0.29, 0.717) is 11.4 Å². The highest BCUT2D eigenvalue weighted by atomic mass is 16.4. The molecule has 0 saturated carbocycles. The van der Waals surface area contributed by atoms with Gasteiger partial charge in [0.15, 0.2) is 5.82 Å². The first kappa shape index (κ1) is 29.7. The number of amides is 1. The molecule has 41 heavy (non-hydrogen) atoms. The van der Waals surface area contributed by atoms with Crippen LogP contribution in [0.15, 0.2) is 85.2 Å². The van der Waals surface area contributed by atoms with E-state index < -0.39 is 17.9 Å². The maximum atomic E-state index is 12.8. The van der Waals surface area contributed by atoms with E-state index in [4.69, 9.17) is 0 Å². The van der Waals surface area contributed by atoms with Crippen molar-refractivity contribution in [2.24, 2.45) is 5.41 Å². The number of carboxylic acid groups (broad SMARTS) is 1. The Kier molecular flexibility index (Phi) is 8.72. The van der Waals surface area contributed by atoms with Gasteiger partial charge in [0.1, 0.15) is 6.04 Å². The number of carboxylic acids is 1. The van der Waals surface area contributed by atoms with Crippen molar-refractivity contribution in [3.63, 3.8) is 0 Å². The van der Waals surface area contributed by atoms with Crippen LogP contribution in [0.25, 0.3) is 22.5 Å². The maximum absolute atomic E-state index is 12.8. The Labute approximate surface area is 242 Å². The van der Waals surface area contributed by atoms with Gasteiger partial charge in [-0.15, -0.1) is 0 Å². The Balaban J connectivity index is 1.39. The molecule has 6 nitrogen and oxygen atoms in total. The highest BCUT2D eigenvalue weighted by Gasteiger charge is 2.22. The average Bonchev–Trinajstić information content (AvgIpc) is 2.92. The predicted octanol–water partition coefficient (Wildman–Crippen LogP) is 7.12. The third-order valence-corrected chi connectivity index (χ3v) is 6.94. The maximum Gasteiger partial charge on any atom is 0.326 e. The molecular formula is C35H39N3O3. The lowest BCUT2D eigenvalue weighted by molar-refractivity contribution is -0.139. The van der Waals surface area contributed by atoms with Crippen molar-refractivity contribution in [2.75, 3.05) is 0 Å². The zero-order chi connectivity index (χ0) is 29.8. The fourth-order valence-electron chi connectivity index (χ4n) is 4.64. The number of carbonyl (C=O) groups is 2. The van der Waals surface area contributed by atoms with Crippen LogP contribution in [-0.4, -0.2) is 33.0 Å². The predicted molar refractivity (Wildman–Crippen MR) is 164 cm³/mol. The summed E-state index contributed by atoms with van der Waals surface area (Å²) in [5.74, 6) is -0.899. The summed E-state index contributed by atoms with van der Waals surface area (Å²) in [5, 5.41) is 12.4. The van der Waals surface area contributed by atoms with Crippen LogP contribution in [0.5, 0.6) is 0 Å². The number of hydrogen-bond donors (Lipinski definition) is 2. The summed E-state index contributed by atoms with van der Waals surface area (Å²) in [5.41, 5.74) is 6.70. The fourth-order valence-corrected chi connectivity index (χ4v) is 4.64. The Morgan fingerprint density at radius 2 is 1.27 bits per heavy atom. The highest BCUT2D eigenvalue weighted by Crippen LogP contribution is 2.26. The van der Waals surface area contributed by atoms with E-state index >= 15 is 0 Å². The summed E-state index contributed by atoms with van der Waals surface area (Å²) in [7, 11) is 0. The zero-order valence-electron chi connectivity index (χ0n) is 24.7. The Hall–Kier alpha value is -4.32. The van der Waals surface area contributed by atoms with Crippen molar-refractivity contribution >= 4 is 11.9 Å². The van der Waals surface area contributed by atoms with E-state index in [0.717, 1.165) is 34.2 Å². The Morgan fingerprint density at radius 3 is 1.78 bits per heavy atom. The summed E-state index contributed by atoms with van der Waals surface area (Å²) in [4.78, 5) is 33.8. The second kappa shape index (κ2) is 12.0. The first-order valence-corrected chi connectivity index (χ1v) is 13.9. The number of carbonyl (C=O) groups excluding carboxylic acids is 1. The van der Waals surface area contributed by atoms with Crippen LogP contribution in [0.1, 0.15) is 68.6 Å². The molecule has 0 saturated heterocycles. The molecule has 0 aliphatic heterocycles. The van der Waals surface area contributed by atoms with Gasteiger partial charge in [-0.05, 0) is 51.6 Å². The summed E-state index contributed by atoms with van der Waals surface area (Å²) in [6, 6.07) is 22.2. The SMILES string of the molecule is CC(C)(C)Cc1ccc(C(=O)NC(Cc2ccc(-c3ncc(-c4ccc(C(C)(C)C)cc4)cn3)cc2)C(=O)O)cc1. The van der Waals surface area contributed by atoms with Gasteiger partial charge in [0.25, 0.3) is 5.91 Å². The van der Waals surface area contributed by atoms with Gasteiger partial charge in [-0.3, -0.25) is 4.79 Å². The molecule has 4 rings (SSSR count). The number of hydrogen-bond acceptors (Lipinski definition) is 4.